The molecule has 1 heterocycles. The van der Waals surface area contributed by atoms with Crippen LogP contribution in [0.25, 0.3) is 21.7 Å². The summed E-state index contributed by atoms with van der Waals surface area (Å²) in [5, 5.41) is 19.6. The highest BCUT2D eigenvalue weighted by atomic mass is 32.1. The third kappa shape index (κ3) is 9.69. The predicted molar refractivity (Wildman–Crippen MR) is 175 cm³/mol. The van der Waals surface area contributed by atoms with Gasteiger partial charge in [0.05, 0.1) is 12.1 Å². The maximum Gasteiger partial charge on any atom is 0.573 e. The number of nitrogens with one attached hydrogen (secondary N) is 2. The van der Waals surface area contributed by atoms with Crippen molar-refractivity contribution in [3.63, 3.8) is 0 Å². The summed E-state index contributed by atoms with van der Waals surface area (Å²) in [6.45, 7) is 2.54. The maximum absolute atomic E-state index is 14.1. The Morgan fingerprint density at radius 2 is 1.62 bits per heavy atom. The maximum atomic E-state index is 14.1. The molecule has 0 spiro atoms. The lowest BCUT2D eigenvalue weighted by atomic mass is 9.97. The number of hydrogen-bond donors (Lipinski definition) is 3. The summed E-state index contributed by atoms with van der Waals surface area (Å²) >= 11 is 1.31. The first-order valence-electron chi connectivity index (χ1n) is 15.1. The molecular weight excluding hydrogens is 649 g/mol. The Morgan fingerprint density at radius 3 is 2.33 bits per heavy atom. The van der Waals surface area contributed by atoms with E-state index in [1.807, 2.05) is 31.2 Å². The summed E-state index contributed by atoms with van der Waals surface area (Å²) in [4.78, 5) is 18.1. The number of amides is 1. The van der Waals surface area contributed by atoms with Gasteiger partial charge in [-0.25, -0.2) is 13.8 Å². The fourth-order valence-electron chi connectivity index (χ4n) is 5.27. The Labute approximate surface area is 278 Å². The molecular formula is C36H32F5N3O3S. The fourth-order valence-corrected chi connectivity index (χ4v) is 5.90. The first-order chi connectivity index (χ1) is 23.0. The van der Waals surface area contributed by atoms with E-state index >= 15 is 0 Å². The molecule has 5 rings (SSSR count). The van der Waals surface area contributed by atoms with Gasteiger partial charge in [-0.2, -0.15) is 0 Å². The molecule has 0 saturated heterocycles. The molecule has 6 nitrogen and oxygen atoms in total. The molecule has 1 aromatic heterocycles. The summed E-state index contributed by atoms with van der Waals surface area (Å²) in [5.74, 6) is -2.63. The van der Waals surface area contributed by atoms with E-state index in [0.717, 1.165) is 35.7 Å². The Bertz CT molecular complexity index is 1830. The highest BCUT2D eigenvalue weighted by Gasteiger charge is 2.31. The van der Waals surface area contributed by atoms with Crippen LogP contribution >= 0.6 is 11.3 Å². The highest BCUT2D eigenvalue weighted by molar-refractivity contribution is 7.13. The van der Waals surface area contributed by atoms with E-state index in [1.165, 1.54) is 35.6 Å². The van der Waals surface area contributed by atoms with Gasteiger partial charge in [0, 0.05) is 41.9 Å². The second kappa shape index (κ2) is 15.5. The minimum Gasteiger partial charge on any atom is -0.406 e. The molecule has 0 radical (unpaired) electrons. The van der Waals surface area contributed by atoms with Crippen LogP contribution in [0, 0.1) is 11.6 Å². The lowest BCUT2D eigenvalue weighted by molar-refractivity contribution is -0.274. The number of rotatable bonds is 13. The van der Waals surface area contributed by atoms with Crippen molar-refractivity contribution in [3.05, 3.63) is 130 Å². The number of nitrogens with zero attached hydrogens (tertiary/aromatic N) is 1. The molecule has 48 heavy (non-hydrogen) atoms. The number of aliphatic hydroxyl groups excluding tert-OH is 1. The average molecular weight is 682 g/mol. The number of aryl methyl sites for hydroxylation is 1. The monoisotopic (exact) mass is 681 g/mol. The summed E-state index contributed by atoms with van der Waals surface area (Å²) in [6.07, 6.45) is -3.70. The van der Waals surface area contributed by atoms with E-state index < -0.39 is 41.8 Å². The van der Waals surface area contributed by atoms with Crippen molar-refractivity contribution in [2.75, 3.05) is 6.54 Å². The highest BCUT2D eigenvalue weighted by Crippen LogP contribution is 2.32. The third-order valence-electron chi connectivity index (χ3n) is 7.52. The van der Waals surface area contributed by atoms with E-state index in [4.69, 9.17) is 0 Å². The number of alkyl halides is 3. The zero-order valence-corrected chi connectivity index (χ0v) is 26.5. The molecule has 0 aliphatic carbocycles. The van der Waals surface area contributed by atoms with Crippen molar-refractivity contribution in [1.29, 1.82) is 0 Å². The standard InChI is InChI=1S/C36H32F5N3O3S/c1-2-22-5-3-6-23(11-22)20-42-21-33(45)32(14-24-12-29(37)19-30(38)13-24)44-34(46)27-15-26(16-28(17-27)35-43-9-10-48-35)25-7-4-8-31(18-25)47-36(39,40)41/h3-13,15-19,32-33,42,45H,2,14,20-21H2,1H3,(H,44,46)/t32-,33+/m0/s1. The average Bonchev–Trinajstić information content (AvgIpc) is 3.59. The molecule has 0 fully saturated rings. The summed E-state index contributed by atoms with van der Waals surface area (Å²) < 4.78 is 71.0. The second-order valence-electron chi connectivity index (χ2n) is 11.1. The van der Waals surface area contributed by atoms with Gasteiger partial charge in [-0.1, -0.05) is 43.3 Å². The van der Waals surface area contributed by atoms with Gasteiger partial charge >= 0.3 is 6.36 Å². The second-order valence-corrected chi connectivity index (χ2v) is 12.0. The van der Waals surface area contributed by atoms with Crippen LogP contribution in [-0.2, 0) is 19.4 Å². The zero-order chi connectivity index (χ0) is 34.3. The molecule has 5 aromatic rings. The minimum absolute atomic E-state index is 0.0511. The quantitative estimate of drug-likeness (QED) is 0.111. The number of aliphatic hydroxyl groups is 1. The van der Waals surface area contributed by atoms with Gasteiger partial charge in [0.1, 0.15) is 22.4 Å². The van der Waals surface area contributed by atoms with Crippen LogP contribution in [0.5, 0.6) is 5.75 Å². The van der Waals surface area contributed by atoms with Gasteiger partial charge < -0.3 is 20.5 Å². The van der Waals surface area contributed by atoms with Gasteiger partial charge in [-0.05, 0) is 83.1 Å². The van der Waals surface area contributed by atoms with Crippen LogP contribution in [0.15, 0.2) is 96.5 Å². The largest absolute Gasteiger partial charge is 0.573 e. The molecule has 12 heteroatoms. The third-order valence-corrected chi connectivity index (χ3v) is 8.34. The van der Waals surface area contributed by atoms with Gasteiger partial charge in [-0.15, -0.1) is 24.5 Å². The molecule has 1 amide bonds. The van der Waals surface area contributed by atoms with Crippen LogP contribution in [-0.4, -0.2) is 41.1 Å². The lowest BCUT2D eigenvalue weighted by Crippen LogP contribution is -2.48. The topological polar surface area (TPSA) is 83.5 Å². The first-order valence-corrected chi connectivity index (χ1v) is 16.0. The van der Waals surface area contributed by atoms with Gasteiger partial charge in [0.2, 0.25) is 0 Å². The van der Waals surface area contributed by atoms with E-state index in [-0.39, 0.29) is 24.1 Å². The van der Waals surface area contributed by atoms with E-state index in [1.54, 1.807) is 29.8 Å². The molecule has 0 saturated carbocycles. The van der Waals surface area contributed by atoms with Crippen LogP contribution < -0.4 is 15.4 Å². The molecule has 0 aliphatic rings. The summed E-state index contributed by atoms with van der Waals surface area (Å²) in [6, 6.07) is 20.1. The molecule has 0 aliphatic heterocycles. The van der Waals surface area contributed by atoms with E-state index in [2.05, 4.69) is 20.4 Å². The Hall–Kier alpha value is -4.65. The number of aromatic nitrogens is 1. The van der Waals surface area contributed by atoms with Gasteiger partial charge in [0.15, 0.2) is 0 Å². The zero-order valence-electron chi connectivity index (χ0n) is 25.7. The Morgan fingerprint density at radius 1 is 0.896 bits per heavy atom. The van der Waals surface area contributed by atoms with Crippen LogP contribution in [0.4, 0.5) is 22.0 Å². The smallest absolute Gasteiger partial charge is 0.406 e. The number of hydrogen-bond acceptors (Lipinski definition) is 6. The molecule has 250 valence electrons. The summed E-state index contributed by atoms with van der Waals surface area (Å²) in [7, 11) is 0. The molecule has 0 bridgehead atoms. The molecule has 2 atom stereocenters. The van der Waals surface area contributed by atoms with Crippen molar-refractivity contribution in [2.24, 2.45) is 0 Å². The van der Waals surface area contributed by atoms with E-state index in [0.29, 0.717) is 28.2 Å². The van der Waals surface area contributed by atoms with Crippen LogP contribution in [0.1, 0.15) is 34.0 Å². The Balaban J connectivity index is 1.42. The van der Waals surface area contributed by atoms with Crippen molar-refractivity contribution >= 4 is 17.2 Å². The number of benzene rings is 4. The number of halogens is 5. The van der Waals surface area contributed by atoms with E-state index in [9.17, 15) is 31.9 Å². The normalized spacial score (nSPS) is 12.8. The lowest BCUT2D eigenvalue weighted by Gasteiger charge is -2.25. The van der Waals surface area contributed by atoms with Gasteiger partial charge in [-0.3, -0.25) is 4.79 Å². The van der Waals surface area contributed by atoms with Crippen molar-refractivity contribution in [2.45, 2.75) is 44.8 Å². The Kier molecular flexibility index (Phi) is 11.2. The number of carbonyl (C=O) groups excluding carboxylic acids is 1. The molecule has 3 N–H and O–H groups in total. The van der Waals surface area contributed by atoms with Crippen molar-refractivity contribution < 1.29 is 36.6 Å². The molecule has 4 aromatic carbocycles. The fraction of sp³-hybridized carbons (Fsp3) is 0.222. The minimum atomic E-state index is -4.89. The molecule has 0 unspecified atom stereocenters. The first kappa shape index (κ1) is 34.7. The number of thiazole rings is 1. The van der Waals surface area contributed by atoms with Gasteiger partial charge in [0.25, 0.3) is 5.91 Å². The summed E-state index contributed by atoms with van der Waals surface area (Å²) in [5.41, 5.74) is 3.83. The van der Waals surface area contributed by atoms with Crippen LogP contribution in [0.2, 0.25) is 0 Å². The van der Waals surface area contributed by atoms with Crippen molar-refractivity contribution in [1.82, 2.24) is 15.6 Å². The number of carbonyl (C=O) groups is 1. The number of ether oxygens (including phenoxy) is 1. The predicted octanol–water partition coefficient (Wildman–Crippen LogP) is 7.71. The van der Waals surface area contributed by atoms with Crippen LogP contribution in [0.3, 0.4) is 0 Å². The van der Waals surface area contributed by atoms with Crippen molar-refractivity contribution in [3.8, 4) is 27.4 Å². The SMILES string of the molecule is CCc1cccc(CNC[C@@H](O)[C@H](Cc2cc(F)cc(F)c2)NC(=O)c2cc(-c3cccc(OC(F)(F)F)c3)cc(-c3nccs3)c2)c1.